The molecule has 2 unspecified atom stereocenters. The van der Waals surface area contributed by atoms with Crippen molar-refractivity contribution in [3.8, 4) is 0 Å². The molecule has 1 saturated heterocycles. The van der Waals surface area contributed by atoms with E-state index in [0.29, 0.717) is 16.0 Å². The summed E-state index contributed by atoms with van der Waals surface area (Å²) < 4.78 is 10.6. The first-order chi connectivity index (χ1) is 19.5. The number of esters is 2. The van der Waals surface area contributed by atoms with Crippen LogP contribution in [-0.4, -0.2) is 61.6 Å². The maximum atomic E-state index is 13.1. The highest BCUT2D eigenvalue weighted by Crippen LogP contribution is 2.47. The standard InChI is InChI=1S/C26H26N4O10S/c1-14(31)22-20-10-21(41-13-19(27)25(33)39-11-15-2-6-17(7-3-15)29(35)36)23(28(20)24(22)32)26(34)40-12-16-4-8-18(9-5-16)30(37)38/h2-9,14,19-20,22,31H,10-13,27H2,1H3/t14-,19?,20?,22-/m0/s1. The Hall–Kier alpha value is -4.34. The molecule has 4 atom stereocenters. The number of ether oxygens (including phenoxy) is 2. The summed E-state index contributed by atoms with van der Waals surface area (Å²) >= 11 is 1.10. The van der Waals surface area contributed by atoms with Crippen molar-refractivity contribution in [2.75, 3.05) is 5.75 Å². The van der Waals surface area contributed by atoms with Crippen molar-refractivity contribution in [2.45, 2.75) is 44.7 Å². The van der Waals surface area contributed by atoms with Crippen LogP contribution in [0.4, 0.5) is 11.4 Å². The average molecular weight is 587 g/mol. The molecule has 15 heteroatoms. The first kappa shape index (κ1) is 29.6. The minimum absolute atomic E-state index is 0.00950. The van der Waals surface area contributed by atoms with Crippen LogP contribution in [0.5, 0.6) is 0 Å². The van der Waals surface area contributed by atoms with Crippen LogP contribution in [0.2, 0.25) is 0 Å². The molecule has 1 fully saturated rings. The molecule has 41 heavy (non-hydrogen) atoms. The molecular formula is C26H26N4O10S. The van der Waals surface area contributed by atoms with Gasteiger partial charge in [0.2, 0.25) is 5.91 Å². The number of carbonyl (C=O) groups is 3. The Morgan fingerprint density at radius 3 is 2.02 bits per heavy atom. The molecule has 1 amide bonds. The number of nitrogens with two attached hydrogens (primary N) is 1. The summed E-state index contributed by atoms with van der Waals surface area (Å²) in [4.78, 5) is 60.6. The summed E-state index contributed by atoms with van der Waals surface area (Å²) in [6, 6.07) is 9.44. The Kier molecular flexibility index (Phi) is 9.00. The maximum Gasteiger partial charge on any atom is 0.356 e. The van der Waals surface area contributed by atoms with Crippen LogP contribution >= 0.6 is 11.8 Å². The fourth-order valence-electron chi connectivity index (χ4n) is 4.51. The normalized spacial score (nSPS) is 19.2. The van der Waals surface area contributed by atoms with Gasteiger partial charge in [-0.1, -0.05) is 0 Å². The number of hydrogen-bond acceptors (Lipinski definition) is 12. The number of benzene rings is 2. The number of non-ortho nitro benzene ring substituents is 2. The zero-order valence-corrected chi connectivity index (χ0v) is 22.5. The van der Waals surface area contributed by atoms with Gasteiger partial charge in [0.15, 0.2) is 0 Å². The SMILES string of the molecule is C[C@H](O)[C@@H]1C(=O)N2C(C(=O)OCc3ccc([N+](=O)[O-])cc3)=C(SCC(N)C(=O)OCc3ccc([N+](=O)[O-])cc3)CC12. The fraction of sp³-hybridized carbons (Fsp3) is 0.346. The zero-order chi connectivity index (χ0) is 29.8. The lowest BCUT2D eigenvalue weighted by molar-refractivity contribution is -0.385. The number of carbonyl (C=O) groups excluding carboxylic acids is 3. The van der Waals surface area contributed by atoms with E-state index >= 15 is 0 Å². The third-order valence-electron chi connectivity index (χ3n) is 6.67. The Morgan fingerprint density at radius 2 is 1.54 bits per heavy atom. The van der Waals surface area contributed by atoms with E-state index in [4.69, 9.17) is 15.2 Å². The van der Waals surface area contributed by atoms with E-state index in [1.165, 1.54) is 60.4 Å². The van der Waals surface area contributed by atoms with E-state index in [9.17, 15) is 39.7 Å². The number of hydrogen-bond donors (Lipinski definition) is 2. The van der Waals surface area contributed by atoms with Crippen LogP contribution < -0.4 is 5.73 Å². The predicted octanol–water partition coefficient (Wildman–Crippen LogP) is 2.17. The van der Waals surface area contributed by atoms with Gasteiger partial charge >= 0.3 is 11.9 Å². The Bertz CT molecular complexity index is 1390. The van der Waals surface area contributed by atoms with Crippen molar-refractivity contribution in [1.82, 2.24) is 4.90 Å². The highest BCUT2D eigenvalue weighted by molar-refractivity contribution is 8.03. The summed E-state index contributed by atoms with van der Waals surface area (Å²) in [5, 5.41) is 31.7. The topological polar surface area (TPSA) is 205 Å². The smallest absolute Gasteiger partial charge is 0.356 e. The molecule has 0 spiro atoms. The number of amides is 1. The van der Waals surface area contributed by atoms with Crippen LogP contribution in [0.3, 0.4) is 0 Å². The Balaban J connectivity index is 1.39. The molecule has 0 aliphatic carbocycles. The average Bonchev–Trinajstić information content (AvgIpc) is 3.27. The number of nitro benzene ring substituents is 2. The van der Waals surface area contributed by atoms with Crippen molar-refractivity contribution in [1.29, 1.82) is 0 Å². The second-order valence-electron chi connectivity index (χ2n) is 9.47. The Morgan fingerprint density at radius 1 is 1.02 bits per heavy atom. The molecule has 2 aromatic rings. The molecule has 2 aromatic carbocycles. The van der Waals surface area contributed by atoms with Crippen molar-refractivity contribution in [3.05, 3.63) is 90.5 Å². The number of fused-ring (bicyclic) bond motifs is 1. The summed E-state index contributed by atoms with van der Waals surface area (Å²) in [6.07, 6.45) is -0.666. The molecule has 0 aromatic heterocycles. The van der Waals surface area contributed by atoms with Crippen LogP contribution in [0, 0.1) is 26.1 Å². The lowest BCUT2D eigenvalue weighted by atomic mass is 9.83. The first-order valence-electron chi connectivity index (χ1n) is 12.4. The van der Waals surface area contributed by atoms with Gasteiger partial charge in [-0.25, -0.2) is 4.79 Å². The minimum Gasteiger partial charge on any atom is -0.460 e. The lowest BCUT2D eigenvalue weighted by Crippen LogP contribution is -2.61. The third-order valence-corrected chi connectivity index (χ3v) is 7.90. The first-order valence-corrected chi connectivity index (χ1v) is 13.4. The minimum atomic E-state index is -1.08. The van der Waals surface area contributed by atoms with Gasteiger partial charge in [0.1, 0.15) is 25.0 Å². The van der Waals surface area contributed by atoms with E-state index in [0.717, 1.165) is 11.8 Å². The van der Waals surface area contributed by atoms with E-state index in [1.807, 2.05) is 0 Å². The number of β-lactam (4-membered cyclic amide) rings is 1. The number of rotatable bonds is 12. The maximum absolute atomic E-state index is 13.1. The van der Waals surface area contributed by atoms with Crippen LogP contribution in [0.25, 0.3) is 0 Å². The molecule has 4 rings (SSSR count). The second-order valence-corrected chi connectivity index (χ2v) is 10.6. The van der Waals surface area contributed by atoms with E-state index in [-0.39, 0.29) is 42.5 Å². The summed E-state index contributed by atoms with van der Waals surface area (Å²) in [7, 11) is 0. The molecular weight excluding hydrogens is 560 g/mol. The van der Waals surface area contributed by atoms with Gasteiger partial charge in [0.05, 0.1) is 27.9 Å². The third kappa shape index (κ3) is 6.53. The van der Waals surface area contributed by atoms with Crippen molar-refractivity contribution >= 4 is 41.0 Å². The van der Waals surface area contributed by atoms with Gasteiger partial charge in [-0.05, 0) is 42.3 Å². The number of nitro groups is 2. The Labute approximate surface area is 237 Å². The highest BCUT2D eigenvalue weighted by atomic mass is 32.2. The van der Waals surface area contributed by atoms with Gasteiger partial charge in [0, 0.05) is 41.3 Å². The molecule has 2 aliphatic rings. The molecule has 14 nitrogen and oxygen atoms in total. The van der Waals surface area contributed by atoms with E-state index in [2.05, 4.69) is 0 Å². The second kappa shape index (κ2) is 12.4. The summed E-state index contributed by atoms with van der Waals surface area (Å²) in [5.74, 6) is -2.61. The van der Waals surface area contributed by atoms with Gasteiger partial charge < -0.3 is 25.2 Å². The largest absolute Gasteiger partial charge is 0.460 e. The van der Waals surface area contributed by atoms with E-state index < -0.39 is 51.8 Å². The number of nitrogens with zero attached hydrogens (tertiary/aromatic N) is 3. The van der Waals surface area contributed by atoms with Crippen LogP contribution in [0.1, 0.15) is 24.5 Å². The molecule has 2 aliphatic heterocycles. The van der Waals surface area contributed by atoms with Gasteiger partial charge in [-0.15, -0.1) is 11.8 Å². The predicted molar refractivity (Wildman–Crippen MR) is 144 cm³/mol. The van der Waals surface area contributed by atoms with Gasteiger partial charge in [-0.3, -0.25) is 29.8 Å². The molecule has 2 heterocycles. The molecule has 216 valence electrons. The van der Waals surface area contributed by atoms with Crippen molar-refractivity contribution in [2.24, 2.45) is 11.7 Å². The highest BCUT2D eigenvalue weighted by Gasteiger charge is 2.57. The lowest BCUT2D eigenvalue weighted by Gasteiger charge is -2.44. The van der Waals surface area contributed by atoms with Gasteiger partial charge in [-0.2, -0.15) is 0 Å². The van der Waals surface area contributed by atoms with Crippen molar-refractivity contribution < 1.29 is 38.8 Å². The van der Waals surface area contributed by atoms with Crippen molar-refractivity contribution in [3.63, 3.8) is 0 Å². The van der Waals surface area contributed by atoms with Gasteiger partial charge in [0.25, 0.3) is 11.4 Å². The number of thioether (sulfide) groups is 1. The molecule has 0 saturated carbocycles. The fourth-order valence-corrected chi connectivity index (χ4v) is 5.64. The summed E-state index contributed by atoms with van der Waals surface area (Å²) in [5.41, 5.74) is 6.85. The molecule has 0 bridgehead atoms. The molecule has 3 N–H and O–H groups in total. The summed E-state index contributed by atoms with van der Waals surface area (Å²) in [6.45, 7) is 1.16. The number of aliphatic hydroxyl groups excluding tert-OH is 1. The van der Waals surface area contributed by atoms with Crippen LogP contribution in [-0.2, 0) is 37.1 Å². The zero-order valence-electron chi connectivity index (χ0n) is 21.7. The number of aliphatic hydroxyl groups is 1. The van der Waals surface area contributed by atoms with Crippen LogP contribution in [0.15, 0.2) is 59.1 Å². The molecule has 0 radical (unpaired) electrons. The van der Waals surface area contributed by atoms with E-state index in [1.54, 1.807) is 0 Å². The quantitative estimate of drug-likeness (QED) is 0.159. The monoisotopic (exact) mass is 586 g/mol.